The zero-order valence-electron chi connectivity index (χ0n) is 65.1. The summed E-state index contributed by atoms with van der Waals surface area (Å²) >= 11 is 0. The molecule has 0 saturated carbocycles. The number of benzene rings is 4. The number of para-hydroxylation sites is 8. The van der Waals surface area contributed by atoms with Crippen LogP contribution in [0.4, 0.5) is 26.3 Å². The molecule has 14 aromatic rings. The number of pyridine rings is 4. The third-order valence-corrected chi connectivity index (χ3v) is 14.1. The number of hydrogen-bond acceptors (Lipinski definition) is 20. The number of ketones is 4. The Hall–Kier alpha value is -11.3. The summed E-state index contributed by atoms with van der Waals surface area (Å²) in [6, 6.07) is 52.8. The monoisotopic (exact) mass is 2530 g/mol. The van der Waals surface area contributed by atoms with Gasteiger partial charge in [0.05, 0.1) is 56.8 Å². The number of carbonyl (C=O) groups excluding carboxylic acids is 5. The SMILES string of the molecule is CC(=O)C(C)=C(C)O.CC(=O)C=C(C)O.CC(=O)C=C(C)O.CC(=O)C=C(C)O.Cc1nc(-c2ccccn2)[n-]c1C.Cn1c(-c2nc3ccccc3[n-]2)nc2ccccc21.FC(F)(F)c1nc(-c2ccccn2)[n-]c1C(F)(F)F.[C-]#N.[CH-]=O.[Ir+3].[Ir].[Ir].[Pt].[Pt].c1ccc(-c2nc3ccccc3[n-]2)nc1.c1ccc(-c2nc3ccccc3[n-]2)nc1. The smallest absolute Gasteiger partial charge is 0.545 e. The van der Waals surface area contributed by atoms with Crippen LogP contribution in [0.2, 0.25) is 0 Å². The van der Waals surface area contributed by atoms with E-state index in [2.05, 4.69) is 87.6 Å². The van der Waals surface area contributed by atoms with Crippen LogP contribution in [0.15, 0.2) is 241 Å². The zero-order chi connectivity index (χ0) is 84.8. The molecule has 0 aliphatic carbocycles. The Kier molecular flexibility index (Phi) is 51.1. The normalized spacial score (nSPS) is 10.6. The first-order chi connectivity index (χ1) is 54.1. The van der Waals surface area contributed by atoms with Gasteiger partial charge in [-0.2, -0.15) is 26.3 Å². The van der Waals surface area contributed by atoms with E-state index in [9.17, 15) is 45.5 Å². The van der Waals surface area contributed by atoms with Crippen LogP contribution in [0.5, 0.6) is 0 Å². The Morgan fingerprint density at radius 3 is 0.966 bits per heavy atom. The number of rotatable bonds is 9. The summed E-state index contributed by atoms with van der Waals surface area (Å²) in [5, 5.41) is 40.0. The number of carbonyl (C=O) groups is 4. The van der Waals surface area contributed by atoms with Gasteiger partial charge in [-0.05, 0) is 199 Å². The number of aryl methyl sites for hydroxylation is 3. The Balaban J connectivity index is 0. The van der Waals surface area contributed by atoms with E-state index < -0.39 is 29.6 Å². The number of alkyl halides is 6. The summed E-state index contributed by atoms with van der Waals surface area (Å²) < 4.78 is 76.9. The van der Waals surface area contributed by atoms with Gasteiger partial charge in [0, 0.05) is 149 Å². The van der Waals surface area contributed by atoms with Crippen molar-refractivity contribution in [1.29, 1.82) is 5.26 Å². The number of halogens is 6. The number of fused-ring (bicyclic) bond motifs is 4. The fourth-order valence-electron chi connectivity index (χ4n) is 8.98. The van der Waals surface area contributed by atoms with E-state index in [1.165, 1.54) is 98.0 Å². The van der Waals surface area contributed by atoms with Crippen molar-refractivity contribution in [2.45, 2.75) is 88.5 Å². The minimum absolute atomic E-state index is 0. The van der Waals surface area contributed by atoms with Crippen LogP contribution in [-0.4, -0.2) is 105 Å². The second-order valence-electron chi connectivity index (χ2n) is 23.4. The van der Waals surface area contributed by atoms with E-state index >= 15 is 0 Å². The number of allylic oxidation sites excluding steroid dienone is 8. The van der Waals surface area contributed by atoms with Gasteiger partial charge < -0.3 is 91.5 Å². The molecule has 0 amide bonds. The number of nitrogens with zero attached hydrogens (tertiary/aromatic N) is 17. The van der Waals surface area contributed by atoms with Crippen LogP contribution >= 0.6 is 0 Å². The van der Waals surface area contributed by atoms with Crippen molar-refractivity contribution < 1.29 is 173 Å². The van der Waals surface area contributed by atoms with Crippen LogP contribution in [0.3, 0.4) is 0 Å². The minimum atomic E-state index is -5.23. The topological polar surface area (TPSA) is 394 Å². The summed E-state index contributed by atoms with van der Waals surface area (Å²) in [5.74, 6) is 2.72. The summed E-state index contributed by atoms with van der Waals surface area (Å²) in [6.45, 7) is 25.0. The first-order valence-electron chi connectivity index (χ1n) is 33.5. The number of Topliss-reactive ketones (excluding diaryl/α,β-unsaturated/α-hetero) is 1. The van der Waals surface area contributed by atoms with Crippen molar-refractivity contribution in [3.63, 3.8) is 0 Å². The molecule has 2 radical (unpaired) electrons. The predicted octanol–water partition coefficient (Wildman–Crippen LogP) is 16.5. The predicted molar refractivity (Wildman–Crippen MR) is 417 cm³/mol. The third-order valence-electron chi connectivity index (χ3n) is 14.1. The van der Waals surface area contributed by atoms with E-state index in [1.54, 1.807) is 25.5 Å². The van der Waals surface area contributed by atoms with Crippen molar-refractivity contribution in [2.75, 3.05) is 0 Å². The second-order valence-corrected chi connectivity index (χ2v) is 23.4. The Labute approximate surface area is 749 Å². The van der Waals surface area contributed by atoms with E-state index in [0.29, 0.717) is 23.0 Å². The molecule has 0 aliphatic heterocycles. The molecule has 14 rings (SSSR count). The van der Waals surface area contributed by atoms with Gasteiger partial charge in [-0.1, -0.05) is 121 Å². The van der Waals surface area contributed by atoms with Gasteiger partial charge in [-0.25, -0.2) is 4.98 Å². The van der Waals surface area contributed by atoms with Gasteiger partial charge in [0.1, 0.15) is 5.82 Å². The summed E-state index contributed by atoms with van der Waals surface area (Å²) in [4.78, 5) is 110. The Morgan fingerprint density at radius 2 is 0.723 bits per heavy atom. The van der Waals surface area contributed by atoms with Crippen LogP contribution in [0.1, 0.15) is 85.1 Å². The van der Waals surface area contributed by atoms with Crippen molar-refractivity contribution in [2.24, 2.45) is 7.05 Å². The van der Waals surface area contributed by atoms with E-state index in [-0.39, 0.29) is 154 Å². The van der Waals surface area contributed by atoms with Crippen LogP contribution in [0, 0.1) is 25.7 Å². The van der Waals surface area contributed by atoms with Gasteiger partial charge in [-0.15, -0.1) is 0 Å². The largest absolute Gasteiger partial charge is 3.00 e. The van der Waals surface area contributed by atoms with E-state index in [4.69, 9.17) is 37.1 Å². The summed E-state index contributed by atoms with van der Waals surface area (Å²) in [6.07, 6.45) is -0.509. The standard InChI is InChI=1S/C15H11N4.2C12H8N3.C10H4F6N3.C10H10N3.C6H10O2.3C5H8O2.CN.CHO.3Ir.2Pt/c1-19-13-9-5-4-8-12(13)18-15(19)14-16-10-6-2-3-7-11(10)17-14;2*1-2-6-10-9(5-1)14-12(15-10)11-7-3-4-8-13-11;11-9(12,13)6-7(10(14,15)16)19-8(18-6)5-3-1-2-4-17-5;1-7-8(2)13-10(12-7)9-5-3-4-6-11-9;1-4(5(2)7)6(3)8;3*1-4(6)3-5(2)7;2*1-2;;;;;/h2-9H,1H3;2*1-8H;1-4H;3-6H,1-2H3;7H,1-3H3;3*3,6H,1-2H3;;1H;;;;;/q5*-1;;;;;2*-1;;;+3;;. The molecule has 636 valence electrons. The number of hydrogen-bond donors (Lipinski definition) is 4. The number of aliphatic hydroxyl groups excluding tert-OH is 4. The molecule has 26 nitrogen and oxygen atoms in total. The molecule has 0 atom stereocenters. The van der Waals surface area contributed by atoms with Gasteiger partial charge in [-0.3, -0.25) is 45.9 Å². The quantitative estimate of drug-likeness (QED) is 0.0343. The molecule has 119 heavy (non-hydrogen) atoms. The van der Waals surface area contributed by atoms with Crippen molar-refractivity contribution in [1.82, 2.24) is 79.3 Å². The first kappa shape index (κ1) is 110. The number of aliphatic hydroxyl groups is 4. The van der Waals surface area contributed by atoms with Crippen LogP contribution in [-0.2, 0) is 146 Å². The molecular weight excluding hydrogens is 2450 g/mol. The van der Waals surface area contributed by atoms with E-state index in [0.717, 1.165) is 84.3 Å². The summed E-state index contributed by atoms with van der Waals surface area (Å²) in [5.41, 5.74) is 8.10. The molecule has 4 aromatic carbocycles. The maximum Gasteiger partial charge on any atom is 3.00 e. The van der Waals surface area contributed by atoms with Crippen molar-refractivity contribution in [3.05, 3.63) is 271 Å². The van der Waals surface area contributed by atoms with Gasteiger partial charge in [0.2, 0.25) is 0 Å². The molecule has 0 fully saturated rings. The number of aromatic nitrogens is 16. The molecule has 0 saturated heterocycles. The van der Waals surface area contributed by atoms with Crippen LogP contribution in [0.25, 0.3) is 102 Å². The van der Waals surface area contributed by atoms with Gasteiger partial charge in [0.15, 0.2) is 23.1 Å². The van der Waals surface area contributed by atoms with Crippen LogP contribution < -0.4 is 24.9 Å². The minimum Gasteiger partial charge on any atom is -0.545 e. The molecule has 0 bridgehead atoms. The zero-order valence-corrected chi connectivity index (χ0v) is 76.8. The molecule has 0 spiro atoms. The second kappa shape index (κ2) is 55.4. The molecule has 10 aromatic heterocycles. The van der Waals surface area contributed by atoms with Gasteiger partial charge >= 0.3 is 32.5 Å². The molecule has 0 aliphatic rings. The molecule has 37 heteroatoms. The maximum atomic E-state index is 12.5. The molecule has 10 heterocycles. The Bertz CT molecular complexity index is 5240. The average molecular weight is 2520 g/mol. The summed E-state index contributed by atoms with van der Waals surface area (Å²) in [7, 11) is 1.99. The number of imidazole rings is 6. The van der Waals surface area contributed by atoms with Crippen molar-refractivity contribution in [3.8, 4) is 57.7 Å². The molecular formula is C82H76F6Ir3N17O9Pt2-4. The third kappa shape index (κ3) is 37.5. The van der Waals surface area contributed by atoms with Crippen molar-refractivity contribution >= 4 is 74.1 Å². The average Bonchev–Trinajstić information content (AvgIpc) is 1.64. The van der Waals surface area contributed by atoms with Gasteiger partial charge in [0.25, 0.3) is 0 Å². The maximum absolute atomic E-state index is 12.5. The molecule has 4 N–H and O–H groups in total. The Morgan fingerprint density at radius 1 is 0.420 bits per heavy atom. The fraction of sp³-hybridized carbons (Fsp3) is 0.171. The molecule has 0 unspecified atom stereocenters. The first-order valence-corrected chi connectivity index (χ1v) is 33.5. The fourth-order valence-corrected chi connectivity index (χ4v) is 8.98. The van der Waals surface area contributed by atoms with E-state index in [1.807, 2.05) is 171 Å².